The second-order valence-electron chi connectivity index (χ2n) is 26.3. The van der Waals surface area contributed by atoms with Crippen molar-refractivity contribution in [2.45, 2.75) is 253 Å². The Balaban J connectivity index is -0.000000197. The van der Waals surface area contributed by atoms with Crippen LogP contribution in [0.3, 0.4) is 0 Å². The SMILES string of the molecule is CC(C)(C)[C@H](N)C(=O)OCOC=O.CC(C)C(OC=O)OC(=O)[C@@H](N)C(C)(C)C.CC(C)C(OC=O)OC(=O)[C@@H](N)C(C)C.CC(C)[C@](C)(N)C(=O)OCOC=O.CC(OC=O)OC(=O)[C@@H](N)C(C)(C)C.CC(OC=O)OC(=O)[C@@H](N)C(C)C.CC[C@H](C)[C@H](N)C(=O)OC(C)OC=O. The smallest absolute Gasteiger partial charge is 0.328 e. The molecule has 0 aliphatic rings. The first-order valence-corrected chi connectivity index (χ1v) is 31.0. The van der Waals surface area contributed by atoms with E-state index in [1.54, 1.807) is 48.5 Å². The van der Waals surface area contributed by atoms with Crippen molar-refractivity contribution in [2.24, 2.45) is 91.9 Å². The van der Waals surface area contributed by atoms with Gasteiger partial charge in [0.05, 0.1) is 0 Å². The first-order chi connectivity index (χ1) is 44.7. The number of ether oxygens (including phenoxy) is 14. The van der Waals surface area contributed by atoms with Gasteiger partial charge in [0, 0.05) is 32.6 Å². The molecule has 13 atom stereocenters. The number of carbonyl (C=O) groups is 14. The van der Waals surface area contributed by atoms with E-state index in [9.17, 15) is 67.1 Å². The Bertz CT molecular complexity index is 2290. The lowest BCUT2D eigenvalue weighted by Crippen LogP contribution is -2.50. The number of carbonyl (C=O) groups excluding carboxylic acids is 14. The van der Waals surface area contributed by atoms with E-state index in [-0.39, 0.29) is 111 Å². The van der Waals surface area contributed by atoms with Crippen LogP contribution in [0.25, 0.3) is 0 Å². The summed E-state index contributed by atoms with van der Waals surface area (Å²) in [5.74, 6) is -4.18. The quantitative estimate of drug-likeness (QED) is 0.0158. The van der Waals surface area contributed by atoms with Gasteiger partial charge in [0.15, 0.2) is 0 Å². The van der Waals surface area contributed by atoms with Crippen molar-refractivity contribution in [2.75, 3.05) is 13.6 Å². The third kappa shape index (κ3) is 52.4. The minimum absolute atomic E-state index is 0.00377. The fourth-order valence-electron chi connectivity index (χ4n) is 4.98. The van der Waals surface area contributed by atoms with E-state index in [4.69, 9.17) is 63.8 Å². The molecule has 0 saturated heterocycles. The van der Waals surface area contributed by atoms with E-state index < -0.39 is 115 Å². The largest absolute Gasteiger partial charge is 0.430 e. The Morgan fingerprint density at radius 2 is 0.612 bits per heavy atom. The Morgan fingerprint density at radius 1 is 0.347 bits per heavy atom. The standard InChI is InChI=1S/C11H21NO4.C10H19NO4.2C9H17NO4.3C8H15NO4/c1-7(2)10(15-6-13)16-9(14)8(12)11(3,4)5;1-6(2)8(11)9(13)15-10(7(3)4)14-5-12;1-6(13-5-11)14-8(12)7(10)9(2,3)4;1-4-6(2)8(10)9(12)14-7(3)13-5-11;1-8(2,3)6(9)7(11)13-5-12-4-10;1-6(2)8(3,9)7(11)13-5-12-4-10;1-5(2)7(9)8(11)13-6(3)12-4-10/h6-8,10H,12H2,1-5H3;5-8,10H,11H2,1-4H3;5-7H,10H2,1-4H3;5-8H,4,10H2,1-3H3;2*4,6H,5,9H2,1-3H3;4-7H,9H2,1-3H3/t2*8-,10?;6?,7-;6-,7?,8-;6-;8-;6?,7-/m1010100/s1. The summed E-state index contributed by atoms with van der Waals surface area (Å²) >= 11 is 0. The molecule has 0 saturated carbocycles. The summed E-state index contributed by atoms with van der Waals surface area (Å²) in [7, 11) is 0. The zero-order chi connectivity index (χ0) is 78.8. The Morgan fingerprint density at radius 3 is 0.878 bits per heavy atom. The van der Waals surface area contributed by atoms with Crippen molar-refractivity contribution in [3.8, 4) is 0 Å². The highest BCUT2D eigenvalue weighted by molar-refractivity contribution is 5.80. The van der Waals surface area contributed by atoms with Gasteiger partial charge in [-0.25, -0.2) is 4.79 Å². The maximum absolute atomic E-state index is 11.6. The fraction of sp³-hybridized carbons (Fsp3) is 0.778. The third-order valence-electron chi connectivity index (χ3n) is 12.9. The fourth-order valence-corrected chi connectivity index (χ4v) is 4.98. The average Bonchev–Trinajstić information content (AvgIpc) is 0.903. The van der Waals surface area contributed by atoms with Gasteiger partial charge in [-0.05, 0) is 46.8 Å². The van der Waals surface area contributed by atoms with Gasteiger partial charge >= 0.3 is 41.8 Å². The minimum Gasteiger partial charge on any atom is -0.430 e. The van der Waals surface area contributed by atoms with Crippen molar-refractivity contribution in [3.05, 3.63) is 0 Å². The van der Waals surface area contributed by atoms with E-state index in [0.717, 1.165) is 6.42 Å². The Kier molecular flexibility index (Phi) is 58.5. The maximum atomic E-state index is 11.6. The zero-order valence-corrected chi connectivity index (χ0v) is 62.0. The molecule has 0 aliphatic carbocycles. The van der Waals surface area contributed by atoms with Crippen LogP contribution in [-0.4, -0.2) is 174 Å². The summed E-state index contributed by atoms with van der Waals surface area (Å²) in [5, 5.41) is 0. The molecule has 0 amide bonds. The molecule has 0 fully saturated rings. The molecule has 0 bridgehead atoms. The van der Waals surface area contributed by atoms with Gasteiger partial charge in [-0.1, -0.05) is 152 Å². The van der Waals surface area contributed by atoms with Crippen molar-refractivity contribution < 1.29 is 133 Å². The monoisotopic (exact) mass is 1420 g/mol. The number of hydrogen-bond donors (Lipinski definition) is 7. The predicted molar refractivity (Wildman–Crippen MR) is 351 cm³/mol. The molecule has 574 valence electrons. The van der Waals surface area contributed by atoms with E-state index >= 15 is 0 Å². The van der Waals surface area contributed by atoms with Gasteiger partial charge in [0.25, 0.3) is 45.3 Å². The molecule has 98 heavy (non-hydrogen) atoms. The van der Waals surface area contributed by atoms with Gasteiger partial charge < -0.3 is 106 Å². The van der Waals surface area contributed by atoms with Crippen molar-refractivity contribution in [1.29, 1.82) is 0 Å². The summed E-state index contributed by atoms with van der Waals surface area (Å²) in [6.45, 7) is 45.0. The predicted octanol–water partition coefficient (Wildman–Crippen LogP) is 2.67. The molecule has 0 aliphatic heterocycles. The number of hydrogen-bond acceptors (Lipinski definition) is 35. The van der Waals surface area contributed by atoms with Gasteiger partial charge in [0.1, 0.15) is 41.8 Å². The van der Waals surface area contributed by atoms with E-state index in [2.05, 4.69) is 42.6 Å². The van der Waals surface area contributed by atoms with Crippen LogP contribution in [0, 0.1) is 51.8 Å². The zero-order valence-electron chi connectivity index (χ0n) is 62.0. The highest BCUT2D eigenvalue weighted by atomic mass is 16.7. The summed E-state index contributed by atoms with van der Waals surface area (Å²) in [5.41, 5.74) is 37.1. The van der Waals surface area contributed by atoms with Crippen LogP contribution < -0.4 is 40.1 Å². The van der Waals surface area contributed by atoms with Gasteiger partial charge in [-0.15, -0.1) is 0 Å². The van der Waals surface area contributed by atoms with Crippen LogP contribution in [0.15, 0.2) is 0 Å². The minimum atomic E-state index is -1.05. The first-order valence-electron chi connectivity index (χ1n) is 31.0. The topological polar surface area (TPSA) is 550 Å². The summed E-state index contributed by atoms with van der Waals surface area (Å²) in [4.78, 5) is 149. The molecular formula is C63H119N7O28. The average molecular weight is 1420 g/mol. The van der Waals surface area contributed by atoms with Crippen molar-refractivity contribution in [1.82, 2.24) is 0 Å². The molecule has 0 heterocycles. The number of nitrogens with two attached hydrogens (primary N) is 7. The van der Waals surface area contributed by atoms with Crippen LogP contribution in [0.1, 0.15) is 180 Å². The van der Waals surface area contributed by atoms with Gasteiger partial charge in [-0.3, -0.25) is 62.3 Å². The van der Waals surface area contributed by atoms with E-state index in [0.29, 0.717) is 0 Å². The van der Waals surface area contributed by atoms with Crippen LogP contribution in [-0.2, 0) is 133 Å². The van der Waals surface area contributed by atoms with E-state index in [1.807, 2.05) is 104 Å². The second-order valence-corrected chi connectivity index (χ2v) is 26.3. The molecule has 35 heteroatoms. The molecule has 0 aromatic heterocycles. The molecule has 5 unspecified atom stereocenters. The van der Waals surface area contributed by atoms with Crippen LogP contribution >= 0.6 is 0 Å². The van der Waals surface area contributed by atoms with Crippen LogP contribution in [0.4, 0.5) is 0 Å². The molecular weight excluding hydrogens is 1300 g/mol. The van der Waals surface area contributed by atoms with Crippen molar-refractivity contribution in [3.63, 3.8) is 0 Å². The lowest BCUT2D eigenvalue weighted by Gasteiger charge is -2.27. The molecule has 14 N–H and O–H groups in total. The maximum Gasteiger partial charge on any atom is 0.328 e. The van der Waals surface area contributed by atoms with Crippen LogP contribution in [0.5, 0.6) is 0 Å². The lowest BCUT2D eigenvalue weighted by molar-refractivity contribution is -0.191. The summed E-state index contributed by atoms with van der Waals surface area (Å²) in [6, 6.07) is -4.25. The van der Waals surface area contributed by atoms with E-state index in [1.165, 1.54) is 20.8 Å². The molecule has 0 radical (unpaired) electrons. The Labute approximate surface area is 577 Å². The highest BCUT2D eigenvalue weighted by Crippen LogP contribution is 2.22. The van der Waals surface area contributed by atoms with Crippen molar-refractivity contribution >= 4 is 87.1 Å². The lowest BCUT2D eigenvalue weighted by atomic mass is 9.87. The number of esters is 7. The van der Waals surface area contributed by atoms with Crippen LogP contribution in [0.2, 0.25) is 0 Å². The molecule has 35 nitrogen and oxygen atoms in total. The van der Waals surface area contributed by atoms with Gasteiger partial charge in [0.2, 0.25) is 45.0 Å². The Hall–Kier alpha value is -7.70. The highest BCUT2D eigenvalue weighted by Gasteiger charge is 2.35. The molecule has 0 aromatic rings. The summed E-state index contributed by atoms with van der Waals surface area (Å²) < 4.78 is 64.2. The molecule has 0 rings (SSSR count). The normalized spacial score (nSPS) is 15.1. The molecule has 0 spiro atoms. The second kappa shape index (κ2) is 55.2. The summed E-state index contributed by atoms with van der Waals surface area (Å²) in [6.07, 6.45) is -3.60. The first kappa shape index (κ1) is 104. The molecule has 0 aromatic carbocycles. The number of rotatable bonds is 35. The third-order valence-corrected chi connectivity index (χ3v) is 12.9. The van der Waals surface area contributed by atoms with Gasteiger partial charge in [-0.2, -0.15) is 0 Å².